The predicted molar refractivity (Wildman–Crippen MR) is 121 cm³/mol. The van der Waals surface area contributed by atoms with Crippen molar-refractivity contribution in [2.24, 2.45) is 0 Å². The first-order valence-corrected chi connectivity index (χ1v) is 10.5. The second kappa shape index (κ2) is 9.51. The number of fused-ring (bicyclic) bond motifs is 1. The smallest absolute Gasteiger partial charge is 0.336 e. The van der Waals surface area contributed by atoms with E-state index < -0.39 is 35.7 Å². The van der Waals surface area contributed by atoms with Gasteiger partial charge in [0.05, 0.1) is 18.4 Å². The quantitative estimate of drug-likeness (QED) is 0.523. The van der Waals surface area contributed by atoms with Gasteiger partial charge in [0.25, 0.3) is 5.91 Å². The molecule has 9 nitrogen and oxygen atoms in total. The number of rotatable bonds is 7. The average Bonchev–Trinajstić information content (AvgIpc) is 3.24. The first kappa shape index (κ1) is 23.8. The van der Waals surface area contributed by atoms with Crippen molar-refractivity contribution in [2.45, 2.75) is 19.1 Å². The van der Waals surface area contributed by atoms with Crippen LogP contribution in [0.2, 0.25) is 0 Å². The third-order valence-corrected chi connectivity index (χ3v) is 5.48. The van der Waals surface area contributed by atoms with Crippen LogP contribution >= 0.6 is 0 Å². The number of Topliss-reactive ketones (excluding diaryl/α,β-unsaturated/α-hetero) is 1. The Bertz CT molecular complexity index is 1340. The molecular weight excluding hydrogens is 459 g/mol. The summed E-state index contributed by atoms with van der Waals surface area (Å²) in [7, 11) is 2.90. The number of ketones is 1. The summed E-state index contributed by atoms with van der Waals surface area (Å²) in [5.41, 5.74) is 0.858. The number of benzene rings is 2. The molecule has 0 bridgehead atoms. The SMILES string of the molecule is CNC(=O)C1OC(C(C)=O)c2c(C(=O)O)cc(Oc3ccc(-c4cccc(OC)c4)cc3F)nc21. The second-order valence-corrected chi connectivity index (χ2v) is 7.71. The van der Waals surface area contributed by atoms with Crippen molar-refractivity contribution in [1.82, 2.24) is 10.3 Å². The zero-order valence-corrected chi connectivity index (χ0v) is 19.0. The van der Waals surface area contributed by atoms with E-state index in [2.05, 4.69) is 10.3 Å². The van der Waals surface area contributed by atoms with E-state index in [0.29, 0.717) is 11.3 Å². The van der Waals surface area contributed by atoms with Gasteiger partial charge >= 0.3 is 5.97 Å². The van der Waals surface area contributed by atoms with Crippen LogP contribution in [0, 0.1) is 5.82 Å². The molecular formula is C25H21FN2O7. The standard InChI is InChI=1S/C25H21FN2O7/c1-12(29)22-20-16(25(31)32)11-19(28-21(20)23(35-22)24(30)27-2)34-18-8-7-14(10-17(18)26)13-5-4-6-15(9-13)33-3/h4-11,22-23H,1-3H3,(H,27,30)(H,31,32). The third-order valence-electron chi connectivity index (χ3n) is 5.48. The second-order valence-electron chi connectivity index (χ2n) is 7.71. The molecule has 0 radical (unpaired) electrons. The van der Waals surface area contributed by atoms with Gasteiger partial charge in [-0.3, -0.25) is 9.59 Å². The first-order chi connectivity index (χ1) is 16.7. The molecule has 1 aliphatic rings. The minimum atomic E-state index is -1.38. The largest absolute Gasteiger partial charge is 0.497 e. The zero-order valence-electron chi connectivity index (χ0n) is 19.0. The molecule has 3 aromatic rings. The molecule has 2 unspecified atom stereocenters. The Kier molecular flexibility index (Phi) is 6.48. The van der Waals surface area contributed by atoms with Gasteiger partial charge in [-0.15, -0.1) is 0 Å². The highest BCUT2D eigenvalue weighted by Gasteiger charge is 2.43. The van der Waals surface area contributed by atoms with Gasteiger partial charge in [0.2, 0.25) is 5.88 Å². The molecule has 180 valence electrons. The van der Waals surface area contributed by atoms with Crippen LogP contribution in [0.3, 0.4) is 0 Å². The van der Waals surface area contributed by atoms with Gasteiger partial charge in [0.1, 0.15) is 11.9 Å². The van der Waals surface area contributed by atoms with Crippen LogP contribution in [0.25, 0.3) is 11.1 Å². The van der Waals surface area contributed by atoms with Gasteiger partial charge in [-0.25, -0.2) is 14.2 Å². The number of nitrogens with one attached hydrogen (secondary N) is 1. The number of nitrogens with zero attached hydrogens (tertiary/aromatic N) is 1. The van der Waals surface area contributed by atoms with Crippen molar-refractivity contribution in [3.8, 4) is 28.5 Å². The van der Waals surface area contributed by atoms with Crippen LogP contribution < -0.4 is 14.8 Å². The Labute approximate surface area is 199 Å². The van der Waals surface area contributed by atoms with E-state index in [1.165, 1.54) is 33.2 Å². The third kappa shape index (κ3) is 4.56. The fourth-order valence-corrected chi connectivity index (χ4v) is 3.82. The van der Waals surface area contributed by atoms with Crippen molar-refractivity contribution in [3.05, 3.63) is 71.2 Å². The number of aromatic carboxylic acids is 1. The summed E-state index contributed by atoms with van der Waals surface area (Å²) in [6, 6.07) is 12.4. The fraction of sp³-hybridized carbons (Fsp3) is 0.200. The first-order valence-electron chi connectivity index (χ1n) is 10.5. The van der Waals surface area contributed by atoms with Crippen LogP contribution in [0.4, 0.5) is 4.39 Å². The van der Waals surface area contributed by atoms with Crippen LogP contribution in [-0.4, -0.2) is 41.9 Å². The topological polar surface area (TPSA) is 124 Å². The highest BCUT2D eigenvalue weighted by atomic mass is 19.1. The number of methoxy groups -OCH3 is 1. The molecule has 10 heteroatoms. The Balaban J connectivity index is 1.73. The van der Waals surface area contributed by atoms with Crippen LogP contribution in [0.15, 0.2) is 48.5 Å². The average molecular weight is 480 g/mol. The number of pyridine rings is 1. The van der Waals surface area contributed by atoms with Gasteiger partial charge in [-0.05, 0) is 42.3 Å². The number of carbonyl (C=O) groups excluding carboxylic acids is 2. The monoisotopic (exact) mass is 480 g/mol. The molecule has 0 spiro atoms. The van der Waals surface area contributed by atoms with E-state index in [0.717, 1.165) is 11.6 Å². The van der Waals surface area contributed by atoms with Gasteiger partial charge in [0.15, 0.2) is 23.5 Å². The summed E-state index contributed by atoms with van der Waals surface area (Å²) < 4.78 is 31.2. The maximum Gasteiger partial charge on any atom is 0.336 e. The normalized spacial score (nSPS) is 16.3. The molecule has 0 saturated heterocycles. The summed E-state index contributed by atoms with van der Waals surface area (Å²) in [5, 5.41) is 12.1. The number of hydrogen-bond donors (Lipinski definition) is 2. The van der Waals surface area contributed by atoms with E-state index >= 15 is 0 Å². The van der Waals surface area contributed by atoms with Crippen LogP contribution in [0.5, 0.6) is 17.4 Å². The number of carboxylic acids is 1. The molecule has 2 atom stereocenters. The summed E-state index contributed by atoms with van der Waals surface area (Å²) in [5.74, 6) is -3.07. The van der Waals surface area contributed by atoms with E-state index in [9.17, 15) is 23.9 Å². The van der Waals surface area contributed by atoms with Crippen molar-refractivity contribution >= 4 is 17.7 Å². The lowest BCUT2D eigenvalue weighted by Crippen LogP contribution is -2.26. The van der Waals surface area contributed by atoms with Gasteiger partial charge in [-0.2, -0.15) is 0 Å². The van der Waals surface area contributed by atoms with Crippen LogP contribution in [0.1, 0.15) is 40.7 Å². The summed E-state index contributed by atoms with van der Waals surface area (Å²) in [4.78, 5) is 40.6. The number of halogens is 1. The van der Waals surface area contributed by atoms with Crippen molar-refractivity contribution < 1.29 is 38.1 Å². The lowest BCUT2D eigenvalue weighted by Gasteiger charge is -2.13. The molecule has 1 aliphatic heterocycles. The fourth-order valence-electron chi connectivity index (χ4n) is 3.82. The van der Waals surface area contributed by atoms with Crippen molar-refractivity contribution in [2.75, 3.05) is 14.2 Å². The maximum atomic E-state index is 14.9. The molecule has 2 N–H and O–H groups in total. The zero-order chi connectivity index (χ0) is 25.3. The summed E-state index contributed by atoms with van der Waals surface area (Å²) >= 11 is 0. The molecule has 0 fully saturated rings. The molecule has 1 amide bonds. The van der Waals surface area contributed by atoms with Crippen LogP contribution in [-0.2, 0) is 14.3 Å². The molecule has 2 heterocycles. The van der Waals surface area contributed by atoms with Gasteiger partial charge in [0, 0.05) is 18.7 Å². The number of carboxylic acid groups (broad SMARTS) is 1. The molecule has 0 aliphatic carbocycles. The maximum absolute atomic E-state index is 14.9. The summed E-state index contributed by atoms with van der Waals surface area (Å²) in [6.45, 7) is 1.22. The highest BCUT2D eigenvalue weighted by molar-refractivity contribution is 5.96. The Morgan fingerprint density at radius 2 is 1.83 bits per heavy atom. The molecule has 4 rings (SSSR count). The minimum absolute atomic E-state index is 0.0280. The Hall–Kier alpha value is -4.31. The molecule has 35 heavy (non-hydrogen) atoms. The van der Waals surface area contributed by atoms with E-state index in [1.807, 2.05) is 0 Å². The minimum Gasteiger partial charge on any atom is -0.497 e. The number of amides is 1. The summed E-state index contributed by atoms with van der Waals surface area (Å²) in [6.07, 6.45) is -2.61. The number of likely N-dealkylation sites (N-methyl/N-ethyl adjacent to an activating group) is 1. The van der Waals surface area contributed by atoms with Gasteiger partial charge in [-0.1, -0.05) is 18.2 Å². The van der Waals surface area contributed by atoms with E-state index in [4.69, 9.17) is 14.2 Å². The van der Waals surface area contributed by atoms with Gasteiger partial charge < -0.3 is 24.6 Å². The Morgan fingerprint density at radius 1 is 1.09 bits per heavy atom. The molecule has 0 saturated carbocycles. The lowest BCUT2D eigenvalue weighted by molar-refractivity contribution is -0.141. The van der Waals surface area contributed by atoms with Crippen molar-refractivity contribution in [1.29, 1.82) is 0 Å². The number of hydrogen-bond acceptors (Lipinski definition) is 7. The Morgan fingerprint density at radius 3 is 2.46 bits per heavy atom. The lowest BCUT2D eigenvalue weighted by atomic mass is 9.99. The number of ether oxygens (including phenoxy) is 3. The van der Waals surface area contributed by atoms with E-state index in [1.54, 1.807) is 30.3 Å². The van der Waals surface area contributed by atoms with E-state index in [-0.39, 0.29) is 28.5 Å². The molecule has 2 aromatic carbocycles. The number of carbonyl (C=O) groups is 3. The molecule has 1 aromatic heterocycles. The van der Waals surface area contributed by atoms with Crippen molar-refractivity contribution in [3.63, 3.8) is 0 Å². The highest BCUT2D eigenvalue weighted by Crippen LogP contribution is 2.42. The predicted octanol–water partition coefficient (Wildman–Crippen LogP) is 3.83. The number of aromatic nitrogens is 1.